The molecule has 7 heteroatoms. The lowest BCUT2D eigenvalue weighted by Crippen LogP contribution is -2.21. The minimum Gasteiger partial charge on any atom is -0.452 e. The third-order valence-corrected chi connectivity index (χ3v) is 3.10. The number of nitrogens with zero attached hydrogens (tertiary/aromatic N) is 1. The van der Waals surface area contributed by atoms with Crippen LogP contribution >= 0.6 is 0 Å². The fourth-order valence-corrected chi connectivity index (χ4v) is 1.93. The van der Waals surface area contributed by atoms with Gasteiger partial charge in [0, 0.05) is 31.5 Å². The van der Waals surface area contributed by atoms with Gasteiger partial charge < -0.3 is 15.0 Å². The minimum absolute atomic E-state index is 0.296. The van der Waals surface area contributed by atoms with Gasteiger partial charge in [0.1, 0.15) is 11.6 Å². The van der Waals surface area contributed by atoms with E-state index in [1.165, 1.54) is 0 Å². The van der Waals surface area contributed by atoms with Gasteiger partial charge in [0.2, 0.25) is 0 Å². The van der Waals surface area contributed by atoms with Gasteiger partial charge in [-0.15, -0.1) is 0 Å². The second-order valence-electron chi connectivity index (χ2n) is 5.22. The number of nitrogens with one attached hydrogen (secondary N) is 1. The lowest BCUT2D eigenvalue weighted by molar-refractivity contribution is -0.119. The summed E-state index contributed by atoms with van der Waals surface area (Å²) in [6.07, 6.45) is 0. The summed E-state index contributed by atoms with van der Waals surface area (Å²) in [7, 11) is 3.78. The van der Waals surface area contributed by atoms with Crippen LogP contribution in [-0.2, 0) is 9.53 Å². The molecule has 0 spiro atoms. The van der Waals surface area contributed by atoms with Gasteiger partial charge in [0.25, 0.3) is 5.91 Å². The van der Waals surface area contributed by atoms with Crippen molar-refractivity contribution in [1.29, 1.82) is 0 Å². The van der Waals surface area contributed by atoms with Gasteiger partial charge >= 0.3 is 5.97 Å². The van der Waals surface area contributed by atoms with Crippen molar-refractivity contribution in [1.82, 2.24) is 0 Å². The SMILES string of the molecule is CN(C)c1ccc(NC(=O)COC(=O)c2cc(F)cc(F)c2)cc1. The lowest BCUT2D eigenvalue weighted by Gasteiger charge is -2.13. The highest BCUT2D eigenvalue weighted by molar-refractivity contribution is 5.95. The van der Waals surface area contributed by atoms with E-state index >= 15 is 0 Å². The van der Waals surface area contributed by atoms with Crippen molar-refractivity contribution in [2.24, 2.45) is 0 Å². The Morgan fingerprint density at radius 1 is 1.04 bits per heavy atom. The number of hydrogen-bond acceptors (Lipinski definition) is 4. The molecular formula is C17H16F2N2O3. The Hall–Kier alpha value is -2.96. The molecule has 24 heavy (non-hydrogen) atoms. The predicted octanol–water partition coefficient (Wildman–Crippen LogP) is 2.83. The Balaban J connectivity index is 1.89. The first-order valence-electron chi connectivity index (χ1n) is 7.05. The van der Waals surface area contributed by atoms with E-state index in [1.54, 1.807) is 12.1 Å². The molecule has 1 N–H and O–H groups in total. The van der Waals surface area contributed by atoms with Crippen LogP contribution in [0.5, 0.6) is 0 Å². The molecule has 0 radical (unpaired) electrons. The zero-order valence-electron chi connectivity index (χ0n) is 13.2. The molecule has 0 saturated carbocycles. The van der Waals surface area contributed by atoms with Gasteiger partial charge in [-0.05, 0) is 36.4 Å². The first-order valence-corrected chi connectivity index (χ1v) is 7.05. The Bertz CT molecular complexity index is 726. The quantitative estimate of drug-likeness (QED) is 0.854. The monoisotopic (exact) mass is 334 g/mol. The number of carbonyl (C=O) groups is 2. The molecule has 0 aliphatic rings. The summed E-state index contributed by atoms with van der Waals surface area (Å²) in [6.45, 7) is -0.563. The molecule has 1 amide bonds. The van der Waals surface area contributed by atoms with Crippen LogP contribution in [-0.4, -0.2) is 32.6 Å². The van der Waals surface area contributed by atoms with Crippen molar-refractivity contribution in [3.63, 3.8) is 0 Å². The fraction of sp³-hybridized carbons (Fsp3) is 0.176. The van der Waals surface area contributed by atoms with Crippen molar-refractivity contribution in [3.8, 4) is 0 Å². The first-order chi connectivity index (χ1) is 11.3. The number of rotatable bonds is 5. The van der Waals surface area contributed by atoms with Gasteiger partial charge in [-0.3, -0.25) is 4.79 Å². The van der Waals surface area contributed by atoms with Crippen LogP contribution in [0.25, 0.3) is 0 Å². The van der Waals surface area contributed by atoms with Gasteiger partial charge in [-0.1, -0.05) is 0 Å². The van der Waals surface area contributed by atoms with Crippen molar-refractivity contribution in [2.45, 2.75) is 0 Å². The van der Waals surface area contributed by atoms with Crippen LogP contribution in [0.4, 0.5) is 20.2 Å². The molecule has 0 bridgehead atoms. The molecule has 0 heterocycles. The highest BCUT2D eigenvalue weighted by Crippen LogP contribution is 2.15. The number of amides is 1. The summed E-state index contributed by atoms with van der Waals surface area (Å²) in [6, 6.07) is 9.36. The van der Waals surface area contributed by atoms with Gasteiger partial charge in [-0.25, -0.2) is 13.6 Å². The summed E-state index contributed by atoms with van der Waals surface area (Å²) in [4.78, 5) is 25.3. The van der Waals surface area contributed by atoms with Gasteiger partial charge in [-0.2, -0.15) is 0 Å². The van der Waals surface area contributed by atoms with Crippen LogP contribution in [0, 0.1) is 11.6 Å². The summed E-state index contributed by atoms with van der Waals surface area (Å²) in [5, 5.41) is 2.55. The van der Waals surface area contributed by atoms with E-state index in [1.807, 2.05) is 31.1 Å². The summed E-state index contributed by atoms with van der Waals surface area (Å²) in [5.74, 6) is -3.33. The molecule has 0 saturated heterocycles. The van der Waals surface area contributed by atoms with Crippen LogP contribution in [0.3, 0.4) is 0 Å². The molecule has 0 aromatic heterocycles. The largest absolute Gasteiger partial charge is 0.452 e. The van der Waals surface area contributed by atoms with Crippen molar-refractivity contribution in [2.75, 3.05) is 30.9 Å². The molecule has 0 aliphatic carbocycles. The van der Waals surface area contributed by atoms with E-state index in [-0.39, 0.29) is 5.56 Å². The van der Waals surface area contributed by atoms with E-state index in [9.17, 15) is 18.4 Å². The highest BCUT2D eigenvalue weighted by Gasteiger charge is 2.13. The number of hydrogen-bond donors (Lipinski definition) is 1. The average Bonchev–Trinajstić information content (AvgIpc) is 2.52. The smallest absolute Gasteiger partial charge is 0.338 e. The molecule has 0 aliphatic heterocycles. The Kier molecular flexibility index (Phi) is 5.47. The summed E-state index contributed by atoms with van der Waals surface area (Å²) < 4.78 is 30.8. The summed E-state index contributed by atoms with van der Waals surface area (Å²) >= 11 is 0. The number of carbonyl (C=O) groups excluding carboxylic acids is 2. The number of anilines is 2. The second kappa shape index (κ2) is 7.54. The summed E-state index contributed by atoms with van der Waals surface area (Å²) in [5.41, 5.74) is 1.21. The van der Waals surface area contributed by atoms with Crippen LogP contribution in [0.2, 0.25) is 0 Å². The molecule has 2 aromatic carbocycles. The molecule has 0 unspecified atom stereocenters. The second-order valence-corrected chi connectivity index (χ2v) is 5.22. The molecule has 2 rings (SSSR count). The fourth-order valence-electron chi connectivity index (χ4n) is 1.93. The molecule has 0 atom stereocenters. The van der Waals surface area contributed by atoms with E-state index in [0.717, 1.165) is 17.8 Å². The number of ether oxygens (including phenoxy) is 1. The predicted molar refractivity (Wildman–Crippen MR) is 86.0 cm³/mol. The third kappa shape index (κ3) is 4.77. The van der Waals surface area contributed by atoms with Crippen molar-refractivity contribution < 1.29 is 23.1 Å². The molecule has 126 valence electrons. The van der Waals surface area contributed by atoms with Crippen LogP contribution in [0.15, 0.2) is 42.5 Å². The molecule has 0 fully saturated rings. The maximum Gasteiger partial charge on any atom is 0.338 e. The lowest BCUT2D eigenvalue weighted by atomic mass is 10.2. The number of halogens is 2. The normalized spacial score (nSPS) is 10.2. The van der Waals surface area contributed by atoms with E-state index in [4.69, 9.17) is 4.74 Å². The minimum atomic E-state index is -0.980. The maximum absolute atomic E-state index is 13.0. The van der Waals surface area contributed by atoms with Gasteiger partial charge in [0.05, 0.1) is 5.56 Å². The average molecular weight is 334 g/mol. The highest BCUT2D eigenvalue weighted by atomic mass is 19.1. The zero-order valence-corrected chi connectivity index (χ0v) is 13.2. The Labute approximate surface area is 137 Å². The third-order valence-electron chi connectivity index (χ3n) is 3.10. The standard InChI is InChI=1S/C17H16F2N2O3/c1-21(2)15-5-3-14(4-6-15)20-16(22)10-24-17(23)11-7-12(18)9-13(19)8-11/h3-9H,10H2,1-2H3,(H,20,22). The Morgan fingerprint density at radius 3 is 2.17 bits per heavy atom. The van der Waals surface area contributed by atoms with Gasteiger partial charge in [0.15, 0.2) is 6.61 Å². The van der Waals surface area contributed by atoms with Crippen molar-refractivity contribution >= 4 is 23.3 Å². The van der Waals surface area contributed by atoms with E-state index < -0.39 is 30.1 Å². The Morgan fingerprint density at radius 2 is 1.62 bits per heavy atom. The number of esters is 1. The van der Waals surface area contributed by atoms with E-state index in [2.05, 4.69) is 5.32 Å². The number of benzene rings is 2. The topological polar surface area (TPSA) is 58.6 Å². The van der Waals surface area contributed by atoms with E-state index in [0.29, 0.717) is 11.8 Å². The molecule has 2 aromatic rings. The zero-order chi connectivity index (χ0) is 17.7. The van der Waals surface area contributed by atoms with Crippen molar-refractivity contribution in [3.05, 3.63) is 59.7 Å². The van der Waals surface area contributed by atoms with Crippen LogP contribution < -0.4 is 10.2 Å². The van der Waals surface area contributed by atoms with Crippen LogP contribution in [0.1, 0.15) is 10.4 Å². The first kappa shape index (κ1) is 17.4. The molecular weight excluding hydrogens is 318 g/mol. The maximum atomic E-state index is 13.0. The molecule has 5 nitrogen and oxygen atoms in total.